The molecule has 6 nitrogen and oxygen atoms in total. The maximum Gasteiger partial charge on any atom is 0.181 e. The Kier molecular flexibility index (Phi) is 6.32. The molecule has 1 fully saturated rings. The van der Waals surface area contributed by atoms with Gasteiger partial charge in [0, 0.05) is 43.1 Å². The van der Waals surface area contributed by atoms with Crippen molar-refractivity contribution < 1.29 is 4.39 Å². The number of anilines is 2. The minimum absolute atomic E-state index is 0.0442. The predicted molar refractivity (Wildman–Crippen MR) is 124 cm³/mol. The van der Waals surface area contributed by atoms with Crippen LogP contribution in [0, 0.1) is 0 Å². The van der Waals surface area contributed by atoms with Gasteiger partial charge in [-0.3, -0.25) is 4.99 Å². The van der Waals surface area contributed by atoms with Gasteiger partial charge in [0.15, 0.2) is 5.65 Å². The lowest BCUT2D eigenvalue weighted by atomic mass is 10.0. The third-order valence-electron chi connectivity index (χ3n) is 5.43. The van der Waals surface area contributed by atoms with Crippen LogP contribution < -0.4 is 9.80 Å². The fourth-order valence-electron chi connectivity index (χ4n) is 3.95. The van der Waals surface area contributed by atoms with E-state index in [1.165, 1.54) is 0 Å². The van der Waals surface area contributed by atoms with Crippen molar-refractivity contribution in [3.63, 3.8) is 0 Å². The fourth-order valence-corrected chi connectivity index (χ4v) is 4.44. The molecule has 0 saturated carbocycles. The fraction of sp³-hybridized carbons (Fsp3) is 0.409. The first-order valence-electron chi connectivity index (χ1n) is 10.3. The van der Waals surface area contributed by atoms with Gasteiger partial charge in [0.2, 0.25) is 0 Å². The zero-order chi connectivity index (χ0) is 21.1. The second-order valence-electron chi connectivity index (χ2n) is 7.51. The number of nitrogens with zero attached hydrogens (tertiary/aromatic N) is 6. The van der Waals surface area contributed by atoms with Crippen molar-refractivity contribution in [3.8, 4) is 0 Å². The summed E-state index contributed by atoms with van der Waals surface area (Å²) < 4.78 is 17.2. The van der Waals surface area contributed by atoms with E-state index >= 15 is 0 Å². The zero-order valence-electron chi connectivity index (χ0n) is 17.2. The first-order valence-corrected chi connectivity index (χ1v) is 11.1. The van der Waals surface area contributed by atoms with Crippen LogP contribution in [0.1, 0.15) is 32.6 Å². The number of hydrogen-bond acceptors (Lipinski definition) is 5. The Hall–Kier alpha value is -2.48. The molecule has 2 aliphatic rings. The van der Waals surface area contributed by atoms with Crippen molar-refractivity contribution in [2.45, 2.75) is 44.8 Å². The van der Waals surface area contributed by atoms with Gasteiger partial charge in [0.25, 0.3) is 0 Å². The standard InChI is InChI=1S/C22H26BrFN6/c1-3-4-7-16(23)15-28(2)19-14-26-30-13-10-20(27-22(19)30)29-12-6-9-18(29)21-17(24)8-5-11-25-21/h4-5,7,10-11,13-15,17-18H,3,6,8-9,12H2,1-2H3/b7-4+,16-15+/t17?,18-/m1/s1. The lowest BCUT2D eigenvalue weighted by Crippen LogP contribution is -2.41. The van der Waals surface area contributed by atoms with E-state index in [-0.39, 0.29) is 6.04 Å². The molecule has 0 radical (unpaired) electrons. The summed E-state index contributed by atoms with van der Waals surface area (Å²) in [6, 6.07) is 1.90. The molecular weight excluding hydrogens is 447 g/mol. The number of halogens is 2. The highest BCUT2D eigenvalue weighted by Gasteiger charge is 2.34. The average Bonchev–Trinajstić information content (AvgIpc) is 3.39. The van der Waals surface area contributed by atoms with Crippen molar-refractivity contribution in [2.75, 3.05) is 23.4 Å². The Morgan fingerprint density at radius 1 is 1.43 bits per heavy atom. The van der Waals surface area contributed by atoms with E-state index in [4.69, 9.17) is 4.98 Å². The molecule has 158 valence electrons. The van der Waals surface area contributed by atoms with Crippen LogP contribution in [0.15, 0.2) is 58.6 Å². The third kappa shape index (κ3) is 4.19. The molecule has 0 spiro atoms. The topological polar surface area (TPSA) is 49.0 Å². The van der Waals surface area contributed by atoms with Crippen molar-refractivity contribution >= 4 is 38.8 Å². The zero-order valence-corrected chi connectivity index (χ0v) is 18.8. The molecule has 2 atom stereocenters. The van der Waals surface area contributed by atoms with E-state index in [9.17, 15) is 4.39 Å². The molecule has 0 aromatic carbocycles. The molecule has 2 aromatic rings. The highest BCUT2D eigenvalue weighted by atomic mass is 79.9. The molecule has 0 bridgehead atoms. The number of fused-ring (bicyclic) bond motifs is 1. The van der Waals surface area contributed by atoms with Crippen LogP contribution in [0.25, 0.3) is 5.65 Å². The molecule has 4 heterocycles. The average molecular weight is 473 g/mol. The van der Waals surface area contributed by atoms with Gasteiger partial charge >= 0.3 is 0 Å². The molecular formula is C22H26BrFN6. The second kappa shape index (κ2) is 9.12. The summed E-state index contributed by atoms with van der Waals surface area (Å²) in [5, 5.41) is 4.44. The Balaban J connectivity index is 1.65. The molecule has 1 unspecified atom stereocenters. The van der Waals surface area contributed by atoms with E-state index in [1.807, 2.05) is 42.7 Å². The monoisotopic (exact) mass is 472 g/mol. The predicted octanol–water partition coefficient (Wildman–Crippen LogP) is 5.03. The van der Waals surface area contributed by atoms with Gasteiger partial charge in [-0.2, -0.15) is 5.10 Å². The maximum absolute atomic E-state index is 14.5. The van der Waals surface area contributed by atoms with Gasteiger partial charge in [0.05, 0.1) is 18.0 Å². The molecule has 0 aliphatic carbocycles. The van der Waals surface area contributed by atoms with Gasteiger partial charge in [-0.05, 0) is 41.3 Å². The van der Waals surface area contributed by atoms with Gasteiger partial charge in [-0.25, -0.2) is 13.9 Å². The lowest BCUT2D eigenvalue weighted by Gasteiger charge is -2.29. The van der Waals surface area contributed by atoms with Gasteiger partial charge in [0.1, 0.15) is 17.7 Å². The number of aromatic nitrogens is 3. The molecule has 30 heavy (non-hydrogen) atoms. The normalized spacial score (nSPS) is 22.3. The number of allylic oxidation sites excluding steroid dienone is 4. The van der Waals surface area contributed by atoms with Gasteiger partial charge in [-0.1, -0.05) is 25.2 Å². The highest BCUT2D eigenvalue weighted by Crippen LogP contribution is 2.30. The highest BCUT2D eigenvalue weighted by molar-refractivity contribution is 9.11. The van der Waals surface area contributed by atoms with E-state index < -0.39 is 6.17 Å². The van der Waals surface area contributed by atoms with Crippen LogP contribution in [0.4, 0.5) is 15.9 Å². The summed E-state index contributed by atoms with van der Waals surface area (Å²) in [5.41, 5.74) is 2.28. The first-order chi connectivity index (χ1) is 14.6. The summed E-state index contributed by atoms with van der Waals surface area (Å²) in [4.78, 5) is 13.5. The van der Waals surface area contributed by atoms with Crippen LogP contribution in [-0.2, 0) is 0 Å². The van der Waals surface area contributed by atoms with Crippen molar-refractivity contribution in [1.82, 2.24) is 14.6 Å². The van der Waals surface area contributed by atoms with Crippen LogP contribution in [0.2, 0.25) is 0 Å². The van der Waals surface area contributed by atoms with E-state index in [0.717, 1.165) is 47.4 Å². The first kappa shape index (κ1) is 20.8. The molecule has 8 heteroatoms. The molecule has 1 saturated heterocycles. The SMILES string of the molecule is CC/C=C/C(Br)=C\N(C)c1cnn2ccc(N3CCC[C@@H]3C3=NC=CCC3F)nc12. The van der Waals surface area contributed by atoms with E-state index in [2.05, 4.69) is 43.9 Å². The summed E-state index contributed by atoms with van der Waals surface area (Å²) in [6.45, 7) is 2.94. The third-order valence-corrected chi connectivity index (χ3v) is 5.90. The van der Waals surface area contributed by atoms with E-state index in [0.29, 0.717) is 12.1 Å². The Bertz CT molecular complexity index is 1020. The summed E-state index contributed by atoms with van der Waals surface area (Å²) in [7, 11) is 1.97. The number of alkyl halides is 1. The maximum atomic E-state index is 14.5. The Morgan fingerprint density at radius 3 is 3.10 bits per heavy atom. The summed E-state index contributed by atoms with van der Waals surface area (Å²) in [6.07, 6.45) is 15.6. The van der Waals surface area contributed by atoms with Crippen LogP contribution in [-0.4, -0.2) is 46.1 Å². The van der Waals surface area contributed by atoms with Crippen LogP contribution >= 0.6 is 15.9 Å². The van der Waals surface area contributed by atoms with Crippen molar-refractivity contribution in [2.24, 2.45) is 4.99 Å². The molecule has 2 aromatic heterocycles. The largest absolute Gasteiger partial charge is 0.348 e. The van der Waals surface area contributed by atoms with Crippen LogP contribution in [0.5, 0.6) is 0 Å². The summed E-state index contributed by atoms with van der Waals surface area (Å²) in [5.74, 6) is 0.832. The van der Waals surface area contributed by atoms with Gasteiger partial charge < -0.3 is 9.80 Å². The Labute approximate surface area is 184 Å². The minimum atomic E-state index is -1.01. The molecule has 4 rings (SSSR count). The van der Waals surface area contributed by atoms with Crippen LogP contribution in [0.3, 0.4) is 0 Å². The molecule has 0 N–H and O–H groups in total. The minimum Gasteiger partial charge on any atom is -0.348 e. The van der Waals surface area contributed by atoms with E-state index in [1.54, 1.807) is 16.8 Å². The molecule has 2 aliphatic heterocycles. The van der Waals surface area contributed by atoms with Gasteiger partial charge in [-0.15, -0.1) is 0 Å². The smallest absolute Gasteiger partial charge is 0.181 e. The summed E-state index contributed by atoms with van der Waals surface area (Å²) >= 11 is 3.58. The Morgan fingerprint density at radius 2 is 2.30 bits per heavy atom. The quantitative estimate of drug-likeness (QED) is 0.552. The molecule has 0 amide bonds. The number of rotatable bonds is 6. The number of aliphatic imine (C=N–C) groups is 1. The lowest BCUT2D eigenvalue weighted by molar-refractivity contribution is 0.415. The van der Waals surface area contributed by atoms with Crippen molar-refractivity contribution in [3.05, 3.63) is 53.6 Å². The second-order valence-corrected chi connectivity index (χ2v) is 8.43. The van der Waals surface area contributed by atoms with Crippen molar-refractivity contribution in [1.29, 1.82) is 0 Å². The number of hydrogen-bond donors (Lipinski definition) is 0.